The molecular formula is C13H16ClNO3. The molecule has 1 amide bonds. The maximum absolute atomic E-state index is 11.7. The zero-order chi connectivity index (χ0) is 13.5. The van der Waals surface area contributed by atoms with Crippen LogP contribution in [-0.4, -0.2) is 24.5 Å². The van der Waals surface area contributed by atoms with Gasteiger partial charge in [0.1, 0.15) is 0 Å². The van der Waals surface area contributed by atoms with Crippen molar-refractivity contribution in [3.8, 4) is 0 Å². The number of carbonyl (C=O) groups is 2. The van der Waals surface area contributed by atoms with E-state index < -0.39 is 0 Å². The van der Waals surface area contributed by atoms with Crippen molar-refractivity contribution in [2.45, 2.75) is 26.4 Å². The topological polar surface area (TPSA) is 55.4 Å². The molecule has 0 heterocycles. The van der Waals surface area contributed by atoms with Crippen molar-refractivity contribution in [3.63, 3.8) is 0 Å². The standard InChI is InChI=1S/C13H16ClNO3/c1-9(2)18-12(16)6-7-15-13(17)10-4-3-5-11(14)8-10/h3-5,8-9H,6-7H2,1-2H3,(H,15,17). The summed E-state index contributed by atoms with van der Waals surface area (Å²) in [5, 5.41) is 3.13. The lowest BCUT2D eigenvalue weighted by atomic mass is 10.2. The van der Waals surface area contributed by atoms with Crippen LogP contribution in [0, 0.1) is 0 Å². The van der Waals surface area contributed by atoms with Gasteiger partial charge in [-0.15, -0.1) is 0 Å². The lowest BCUT2D eigenvalue weighted by molar-refractivity contribution is -0.147. The van der Waals surface area contributed by atoms with Crippen LogP contribution < -0.4 is 5.32 Å². The van der Waals surface area contributed by atoms with Crippen molar-refractivity contribution in [2.75, 3.05) is 6.54 Å². The highest BCUT2D eigenvalue weighted by Crippen LogP contribution is 2.10. The number of hydrogen-bond acceptors (Lipinski definition) is 3. The predicted molar refractivity (Wildman–Crippen MR) is 69.6 cm³/mol. The van der Waals surface area contributed by atoms with Crippen molar-refractivity contribution in [1.82, 2.24) is 5.32 Å². The maximum atomic E-state index is 11.7. The van der Waals surface area contributed by atoms with Crippen LogP contribution >= 0.6 is 11.6 Å². The highest BCUT2D eigenvalue weighted by Gasteiger charge is 2.08. The van der Waals surface area contributed by atoms with Crippen molar-refractivity contribution in [2.24, 2.45) is 0 Å². The third-order valence-electron chi connectivity index (χ3n) is 2.07. The molecule has 0 atom stereocenters. The summed E-state index contributed by atoms with van der Waals surface area (Å²) in [6, 6.07) is 6.62. The molecule has 0 radical (unpaired) electrons. The van der Waals surface area contributed by atoms with E-state index in [-0.39, 0.29) is 30.9 Å². The first-order chi connectivity index (χ1) is 8.49. The summed E-state index contributed by atoms with van der Waals surface area (Å²) in [7, 11) is 0. The molecule has 1 rings (SSSR count). The molecule has 0 fully saturated rings. The third kappa shape index (κ3) is 5.19. The number of nitrogens with one attached hydrogen (secondary N) is 1. The molecule has 5 heteroatoms. The van der Waals surface area contributed by atoms with Gasteiger partial charge < -0.3 is 10.1 Å². The van der Waals surface area contributed by atoms with Crippen molar-refractivity contribution >= 4 is 23.5 Å². The highest BCUT2D eigenvalue weighted by molar-refractivity contribution is 6.30. The molecule has 0 unspecified atom stereocenters. The SMILES string of the molecule is CC(C)OC(=O)CCNC(=O)c1cccc(Cl)c1. The minimum absolute atomic E-state index is 0.138. The van der Waals surface area contributed by atoms with E-state index in [0.717, 1.165) is 0 Å². The van der Waals surface area contributed by atoms with Crippen LogP contribution in [0.25, 0.3) is 0 Å². The number of hydrogen-bond donors (Lipinski definition) is 1. The third-order valence-corrected chi connectivity index (χ3v) is 2.30. The van der Waals surface area contributed by atoms with E-state index in [1.54, 1.807) is 38.1 Å². The Morgan fingerprint density at radius 3 is 2.72 bits per heavy atom. The Morgan fingerprint density at radius 2 is 2.11 bits per heavy atom. The Hall–Kier alpha value is -1.55. The molecule has 0 aliphatic rings. The van der Waals surface area contributed by atoms with E-state index in [1.807, 2.05) is 0 Å². The Balaban J connectivity index is 2.36. The van der Waals surface area contributed by atoms with Crippen LogP contribution in [0.2, 0.25) is 5.02 Å². The normalized spacial score (nSPS) is 10.2. The molecule has 0 saturated carbocycles. The molecule has 0 bridgehead atoms. The van der Waals surface area contributed by atoms with E-state index >= 15 is 0 Å². The summed E-state index contributed by atoms with van der Waals surface area (Å²) < 4.78 is 4.95. The summed E-state index contributed by atoms with van der Waals surface area (Å²) in [6.45, 7) is 3.81. The Bertz CT molecular complexity index is 432. The first-order valence-electron chi connectivity index (χ1n) is 5.72. The number of rotatable bonds is 5. The summed E-state index contributed by atoms with van der Waals surface area (Å²) in [6.07, 6.45) is 0.0194. The fraction of sp³-hybridized carbons (Fsp3) is 0.385. The molecule has 0 aromatic heterocycles. The fourth-order valence-electron chi connectivity index (χ4n) is 1.33. The van der Waals surface area contributed by atoms with Gasteiger partial charge in [-0.1, -0.05) is 17.7 Å². The number of carbonyl (C=O) groups excluding carboxylic acids is 2. The van der Waals surface area contributed by atoms with Gasteiger partial charge in [-0.05, 0) is 32.0 Å². The van der Waals surface area contributed by atoms with E-state index in [4.69, 9.17) is 16.3 Å². The molecule has 18 heavy (non-hydrogen) atoms. The van der Waals surface area contributed by atoms with E-state index in [2.05, 4.69) is 5.32 Å². The Kier molecular flexibility index (Phi) is 5.65. The van der Waals surface area contributed by atoms with Gasteiger partial charge in [0.2, 0.25) is 0 Å². The van der Waals surface area contributed by atoms with E-state index in [9.17, 15) is 9.59 Å². The predicted octanol–water partition coefficient (Wildman–Crippen LogP) is 2.41. The van der Waals surface area contributed by atoms with Crippen molar-refractivity contribution in [1.29, 1.82) is 0 Å². The second kappa shape index (κ2) is 7.01. The summed E-state index contributed by atoms with van der Waals surface area (Å²) in [5.74, 6) is -0.578. The molecule has 98 valence electrons. The minimum Gasteiger partial charge on any atom is -0.463 e. The van der Waals surface area contributed by atoms with Crippen LogP contribution in [0.1, 0.15) is 30.6 Å². The van der Waals surface area contributed by atoms with Gasteiger partial charge in [0, 0.05) is 17.1 Å². The maximum Gasteiger partial charge on any atom is 0.307 e. The largest absolute Gasteiger partial charge is 0.463 e. The molecule has 4 nitrogen and oxygen atoms in total. The van der Waals surface area contributed by atoms with Crippen LogP contribution in [-0.2, 0) is 9.53 Å². The number of amides is 1. The zero-order valence-electron chi connectivity index (χ0n) is 10.4. The van der Waals surface area contributed by atoms with Gasteiger partial charge in [-0.25, -0.2) is 0 Å². The van der Waals surface area contributed by atoms with Crippen LogP contribution in [0.15, 0.2) is 24.3 Å². The minimum atomic E-state index is -0.323. The second-order valence-corrected chi connectivity index (χ2v) is 4.49. The lowest BCUT2D eigenvalue weighted by Crippen LogP contribution is -2.27. The fourth-order valence-corrected chi connectivity index (χ4v) is 1.52. The highest BCUT2D eigenvalue weighted by atomic mass is 35.5. The average Bonchev–Trinajstić information content (AvgIpc) is 2.27. The van der Waals surface area contributed by atoms with Crippen LogP contribution in [0.5, 0.6) is 0 Å². The summed E-state index contributed by atoms with van der Waals surface area (Å²) >= 11 is 5.78. The number of halogens is 1. The molecule has 1 N–H and O–H groups in total. The van der Waals surface area contributed by atoms with Gasteiger partial charge in [0.15, 0.2) is 0 Å². The Labute approximate surface area is 111 Å². The van der Waals surface area contributed by atoms with Gasteiger partial charge >= 0.3 is 5.97 Å². The smallest absolute Gasteiger partial charge is 0.307 e. The van der Waals surface area contributed by atoms with Crippen LogP contribution in [0.3, 0.4) is 0 Å². The van der Waals surface area contributed by atoms with Gasteiger partial charge in [0.25, 0.3) is 5.91 Å². The molecule has 0 aliphatic carbocycles. The Morgan fingerprint density at radius 1 is 1.39 bits per heavy atom. The van der Waals surface area contributed by atoms with Crippen molar-refractivity contribution < 1.29 is 14.3 Å². The first-order valence-corrected chi connectivity index (χ1v) is 6.10. The van der Waals surface area contributed by atoms with Gasteiger partial charge in [0.05, 0.1) is 12.5 Å². The molecular weight excluding hydrogens is 254 g/mol. The molecule has 0 saturated heterocycles. The molecule has 0 spiro atoms. The van der Waals surface area contributed by atoms with Gasteiger partial charge in [-0.3, -0.25) is 9.59 Å². The first kappa shape index (κ1) is 14.5. The summed E-state index contributed by atoms with van der Waals surface area (Å²) in [4.78, 5) is 22.9. The molecule has 0 aliphatic heterocycles. The zero-order valence-corrected chi connectivity index (χ0v) is 11.2. The van der Waals surface area contributed by atoms with Crippen molar-refractivity contribution in [3.05, 3.63) is 34.9 Å². The lowest BCUT2D eigenvalue weighted by Gasteiger charge is -2.08. The summed E-state index contributed by atoms with van der Waals surface area (Å²) in [5.41, 5.74) is 0.472. The monoisotopic (exact) mass is 269 g/mol. The van der Waals surface area contributed by atoms with Gasteiger partial charge in [-0.2, -0.15) is 0 Å². The number of ether oxygens (including phenoxy) is 1. The van der Waals surface area contributed by atoms with E-state index in [1.165, 1.54) is 0 Å². The second-order valence-electron chi connectivity index (χ2n) is 4.05. The van der Waals surface area contributed by atoms with Crippen LogP contribution in [0.4, 0.5) is 0 Å². The molecule has 1 aromatic carbocycles. The van der Waals surface area contributed by atoms with E-state index in [0.29, 0.717) is 10.6 Å². The number of esters is 1. The quantitative estimate of drug-likeness (QED) is 0.835. The number of benzene rings is 1. The molecule has 1 aromatic rings. The average molecular weight is 270 g/mol.